The van der Waals surface area contributed by atoms with Crippen molar-refractivity contribution in [3.8, 4) is 11.5 Å². The summed E-state index contributed by atoms with van der Waals surface area (Å²) >= 11 is 6.05. The minimum absolute atomic E-state index is 0.0590. The van der Waals surface area contributed by atoms with Gasteiger partial charge in [-0.05, 0) is 49.2 Å². The van der Waals surface area contributed by atoms with Crippen LogP contribution >= 0.6 is 11.6 Å². The molecular formula is C19H20ClNO5S. The van der Waals surface area contributed by atoms with E-state index in [2.05, 4.69) is 4.72 Å². The lowest BCUT2D eigenvalue weighted by Crippen LogP contribution is -2.44. The third kappa shape index (κ3) is 4.80. The lowest BCUT2D eigenvalue weighted by atomic mass is 9.85. The first kappa shape index (κ1) is 19.7. The number of carboxylic acids is 1. The first-order chi connectivity index (χ1) is 12.9. The topological polar surface area (TPSA) is 92.7 Å². The Morgan fingerprint density at radius 2 is 1.74 bits per heavy atom. The summed E-state index contributed by atoms with van der Waals surface area (Å²) in [7, 11) is -3.82. The highest BCUT2D eigenvalue weighted by molar-refractivity contribution is 7.89. The van der Waals surface area contributed by atoms with Crippen molar-refractivity contribution in [3.63, 3.8) is 0 Å². The molecule has 2 atom stereocenters. The quantitative estimate of drug-likeness (QED) is 0.750. The van der Waals surface area contributed by atoms with Gasteiger partial charge in [0.2, 0.25) is 10.0 Å². The van der Waals surface area contributed by atoms with Crippen molar-refractivity contribution in [2.24, 2.45) is 5.92 Å². The smallest absolute Gasteiger partial charge is 0.308 e. The highest BCUT2D eigenvalue weighted by atomic mass is 35.5. The van der Waals surface area contributed by atoms with Crippen LogP contribution in [0.1, 0.15) is 25.7 Å². The van der Waals surface area contributed by atoms with Crippen molar-refractivity contribution in [3.05, 3.63) is 53.6 Å². The fraction of sp³-hybridized carbons (Fsp3) is 0.316. The van der Waals surface area contributed by atoms with Gasteiger partial charge < -0.3 is 9.84 Å². The molecule has 2 aromatic carbocycles. The van der Waals surface area contributed by atoms with E-state index in [0.717, 1.165) is 12.8 Å². The number of carboxylic acid groups (broad SMARTS) is 1. The van der Waals surface area contributed by atoms with E-state index in [1.54, 1.807) is 24.3 Å². The number of carbonyl (C=O) groups is 1. The lowest BCUT2D eigenvalue weighted by molar-refractivity contribution is -0.143. The summed E-state index contributed by atoms with van der Waals surface area (Å²) < 4.78 is 33.5. The molecule has 0 unspecified atom stereocenters. The molecule has 0 radical (unpaired) electrons. The molecule has 0 heterocycles. The molecule has 0 spiro atoms. The Bertz CT molecular complexity index is 914. The number of ether oxygens (including phenoxy) is 1. The molecule has 0 aromatic heterocycles. The summed E-state index contributed by atoms with van der Waals surface area (Å²) in [5, 5.41) is 9.76. The minimum Gasteiger partial charge on any atom is -0.481 e. The van der Waals surface area contributed by atoms with Crippen molar-refractivity contribution in [2.45, 2.75) is 36.6 Å². The van der Waals surface area contributed by atoms with E-state index in [1.165, 1.54) is 24.3 Å². The molecule has 0 amide bonds. The molecule has 27 heavy (non-hydrogen) atoms. The van der Waals surface area contributed by atoms with E-state index in [1.807, 2.05) is 0 Å². The number of benzene rings is 2. The van der Waals surface area contributed by atoms with E-state index in [4.69, 9.17) is 16.3 Å². The van der Waals surface area contributed by atoms with Gasteiger partial charge in [-0.3, -0.25) is 4.79 Å². The van der Waals surface area contributed by atoms with Gasteiger partial charge in [-0.1, -0.05) is 36.6 Å². The van der Waals surface area contributed by atoms with E-state index >= 15 is 0 Å². The Kier molecular flexibility index (Phi) is 6.04. The largest absolute Gasteiger partial charge is 0.481 e. The minimum atomic E-state index is -3.82. The summed E-state index contributed by atoms with van der Waals surface area (Å²) in [6.45, 7) is 0. The Balaban J connectivity index is 1.73. The fourth-order valence-corrected chi connectivity index (χ4v) is 4.66. The molecule has 0 bridgehead atoms. The maximum absolute atomic E-state index is 12.6. The van der Waals surface area contributed by atoms with Crippen molar-refractivity contribution < 1.29 is 23.1 Å². The number of hydrogen-bond acceptors (Lipinski definition) is 4. The van der Waals surface area contributed by atoms with Crippen molar-refractivity contribution >= 4 is 27.6 Å². The van der Waals surface area contributed by atoms with Crippen LogP contribution in [0.25, 0.3) is 0 Å². The van der Waals surface area contributed by atoms with E-state index in [9.17, 15) is 18.3 Å². The number of aliphatic carboxylic acids is 1. The molecule has 3 rings (SSSR count). The van der Waals surface area contributed by atoms with Gasteiger partial charge in [0.25, 0.3) is 0 Å². The van der Waals surface area contributed by atoms with Crippen LogP contribution in [-0.2, 0) is 14.8 Å². The van der Waals surface area contributed by atoms with Crippen LogP contribution in [0.15, 0.2) is 53.4 Å². The maximum atomic E-state index is 12.6. The summed E-state index contributed by atoms with van der Waals surface area (Å²) in [5.74, 6) is -0.746. The van der Waals surface area contributed by atoms with E-state index in [0.29, 0.717) is 29.4 Å². The molecule has 2 aromatic rings. The molecule has 1 aliphatic carbocycles. The van der Waals surface area contributed by atoms with E-state index in [-0.39, 0.29) is 4.90 Å². The molecule has 1 saturated carbocycles. The maximum Gasteiger partial charge on any atom is 0.308 e. The second kappa shape index (κ2) is 8.29. The first-order valence-corrected chi connectivity index (χ1v) is 10.5. The van der Waals surface area contributed by atoms with Crippen LogP contribution in [-0.4, -0.2) is 25.5 Å². The van der Waals surface area contributed by atoms with Crippen LogP contribution in [0.5, 0.6) is 11.5 Å². The van der Waals surface area contributed by atoms with Crippen molar-refractivity contribution in [2.75, 3.05) is 0 Å². The van der Waals surface area contributed by atoms with Crippen LogP contribution in [0.4, 0.5) is 0 Å². The van der Waals surface area contributed by atoms with Crippen molar-refractivity contribution in [1.82, 2.24) is 4.72 Å². The molecule has 0 saturated heterocycles. The summed E-state index contributed by atoms with van der Waals surface area (Å²) in [5.41, 5.74) is 0. The number of para-hydroxylation sites is 1. The highest BCUT2D eigenvalue weighted by Gasteiger charge is 2.33. The number of sulfonamides is 1. The third-order valence-corrected chi connectivity index (χ3v) is 6.41. The van der Waals surface area contributed by atoms with Gasteiger partial charge in [-0.25, -0.2) is 13.1 Å². The van der Waals surface area contributed by atoms with Gasteiger partial charge in [0.15, 0.2) is 0 Å². The number of hydrogen-bond donors (Lipinski definition) is 2. The van der Waals surface area contributed by atoms with Gasteiger partial charge in [0.1, 0.15) is 11.5 Å². The molecule has 8 heteroatoms. The van der Waals surface area contributed by atoms with Gasteiger partial charge in [0.05, 0.1) is 15.8 Å². The molecule has 144 valence electrons. The van der Waals surface area contributed by atoms with Crippen LogP contribution in [0, 0.1) is 5.92 Å². The summed E-state index contributed by atoms with van der Waals surface area (Å²) in [4.78, 5) is 11.4. The molecule has 0 aliphatic heterocycles. The number of nitrogens with one attached hydrogen (secondary N) is 1. The zero-order valence-electron chi connectivity index (χ0n) is 14.5. The number of rotatable bonds is 6. The van der Waals surface area contributed by atoms with Crippen LogP contribution < -0.4 is 9.46 Å². The monoisotopic (exact) mass is 409 g/mol. The Labute approximate surface area is 163 Å². The molecule has 6 nitrogen and oxygen atoms in total. The average Bonchev–Trinajstić information content (AvgIpc) is 2.64. The molecule has 1 fully saturated rings. The van der Waals surface area contributed by atoms with E-state index < -0.39 is 28.0 Å². The second-order valence-electron chi connectivity index (χ2n) is 6.46. The normalized spacial score (nSPS) is 20.2. The summed E-state index contributed by atoms with van der Waals surface area (Å²) in [6, 6.07) is 12.3. The molecular weight excluding hydrogens is 390 g/mol. The average molecular weight is 410 g/mol. The standard InChI is InChI=1S/C19H20ClNO5S/c20-16-6-2-4-8-18(16)26-13-9-11-14(12-10-13)27(24,25)21-17-7-3-1-5-15(17)19(22)23/h2,4,6,8-12,15,17,21H,1,3,5,7H2,(H,22,23)/t15-,17+/m1/s1. The fourth-order valence-electron chi connectivity index (χ4n) is 3.18. The Hall–Kier alpha value is -2.09. The molecule has 1 aliphatic rings. The van der Waals surface area contributed by atoms with Crippen LogP contribution in [0.2, 0.25) is 5.02 Å². The lowest BCUT2D eigenvalue weighted by Gasteiger charge is -2.29. The predicted molar refractivity (Wildman–Crippen MR) is 102 cm³/mol. The van der Waals surface area contributed by atoms with Gasteiger partial charge in [0, 0.05) is 6.04 Å². The Morgan fingerprint density at radius 1 is 1.07 bits per heavy atom. The molecule has 2 N–H and O–H groups in total. The van der Waals surface area contributed by atoms with Gasteiger partial charge >= 0.3 is 5.97 Å². The van der Waals surface area contributed by atoms with Crippen LogP contribution in [0.3, 0.4) is 0 Å². The Morgan fingerprint density at radius 3 is 2.41 bits per heavy atom. The predicted octanol–water partition coefficient (Wildman–Crippen LogP) is 4.05. The van der Waals surface area contributed by atoms with Gasteiger partial charge in [-0.2, -0.15) is 0 Å². The second-order valence-corrected chi connectivity index (χ2v) is 8.58. The SMILES string of the molecule is O=C(O)[C@@H]1CCCC[C@@H]1NS(=O)(=O)c1ccc(Oc2ccccc2Cl)cc1. The number of halogens is 1. The third-order valence-electron chi connectivity index (χ3n) is 4.59. The first-order valence-electron chi connectivity index (χ1n) is 8.64. The van der Waals surface area contributed by atoms with Gasteiger partial charge in [-0.15, -0.1) is 0 Å². The summed E-state index contributed by atoms with van der Waals surface area (Å²) in [6.07, 6.45) is 2.60. The zero-order valence-corrected chi connectivity index (χ0v) is 16.0. The zero-order chi connectivity index (χ0) is 19.4. The highest BCUT2D eigenvalue weighted by Crippen LogP contribution is 2.30. The van der Waals surface area contributed by atoms with Crippen molar-refractivity contribution in [1.29, 1.82) is 0 Å².